The minimum absolute atomic E-state index is 0.0497. The molecule has 1 unspecified atom stereocenters. The van der Waals surface area contributed by atoms with Crippen molar-refractivity contribution < 1.29 is 4.74 Å². The van der Waals surface area contributed by atoms with Gasteiger partial charge in [-0.25, -0.2) is 4.79 Å². The molecular formula is C9H14N2O2. The monoisotopic (exact) mass is 182 g/mol. The molecule has 1 aliphatic rings. The number of ether oxygens (including phenoxy) is 1. The number of aromatic amines is 1. The molecule has 4 nitrogen and oxygen atoms in total. The topological polar surface area (TPSA) is 47.0 Å². The molecule has 1 fully saturated rings. The highest BCUT2D eigenvalue weighted by atomic mass is 16.5. The normalized spacial score (nSPS) is 26.5. The first-order valence-electron chi connectivity index (χ1n) is 4.48. The lowest BCUT2D eigenvalue weighted by molar-refractivity contribution is 0.0352. The summed E-state index contributed by atoms with van der Waals surface area (Å²) in [6.07, 6.45) is 4.33. The number of imidazole rings is 1. The van der Waals surface area contributed by atoms with Gasteiger partial charge in [0.25, 0.3) is 0 Å². The Labute approximate surface area is 76.5 Å². The largest absolute Gasteiger partial charge is 0.373 e. The SMILES string of the molecule is CC1(C)CC(n2cc[nH]c2=O)CO1. The van der Waals surface area contributed by atoms with Crippen LogP contribution in [0.2, 0.25) is 0 Å². The molecule has 0 amide bonds. The maximum absolute atomic E-state index is 11.3. The number of aromatic nitrogens is 2. The van der Waals surface area contributed by atoms with Crippen molar-refractivity contribution >= 4 is 0 Å². The Balaban J connectivity index is 2.22. The average molecular weight is 182 g/mol. The van der Waals surface area contributed by atoms with Crippen molar-refractivity contribution in [3.05, 3.63) is 22.9 Å². The molecule has 13 heavy (non-hydrogen) atoms. The van der Waals surface area contributed by atoms with Crippen LogP contribution >= 0.6 is 0 Å². The third-order valence-electron chi connectivity index (χ3n) is 2.46. The van der Waals surface area contributed by atoms with Crippen molar-refractivity contribution in [2.45, 2.75) is 31.9 Å². The lowest BCUT2D eigenvalue weighted by Crippen LogP contribution is -2.23. The summed E-state index contributed by atoms with van der Waals surface area (Å²) >= 11 is 0. The second-order valence-corrected chi connectivity index (χ2v) is 4.10. The molecule has 1 N–H and O–H groups in total. The number of hydrogen-bond donors (Lipinski definition) is 1. The van der Waals surface area contributed by atoms with Crippen molar-refractivity contribution in [3.63, 3.8) is 0 Å². The minimum Gasteiger partial charge on any atom is -0.373 e. The van der Waals surface area contributed by atoms with E-state index in [-0.39, 0.29) is 17.3 Å². The Morgan fingerprint density at radius 3 is 2.92 bits per heavy atom. The standard InChI is InChI=1S/C9H14N2O2/c1-9(2)5-7(6-13-9)11-4-3-10-8(11)12/h3-4,7H,5-6H2,1-2H3,(H,10,12). The van der Waals surface area contributed by atoms with Crippen LogP contribution in [-0.4, -0.2) is 21.8 Å². The molecule has 0 aliphatic carbocycles. The Hall–Kier alpha value is -1.03. The average Bonchev–Trinajstić information content (AvgIpc) is 2.56. The molecule has 1 atom stereocenters. The van der Waals surface area contributed by atoms with Gasteiger partial charge in [0.2, 0.25) is 0 Å². The van der Waals surface area contributed by atoms with Crippen LogP contribution in [0.5, 0.6) is 0 Å². The third-order valence-corrected chi connectivity index (χ3v) is 2.46. The fraction of sp³-hybridized carbons (Fsp3) is 0.667. The van der Waals surface area contributed by atoms with Crippen LogP contribution in [0.25, 0.3) is 0 Å². The predicted molar refractivity (Wildman–Crippen MR) is 48.7 cm³/mol. The molecule has 0 spiro atoms. The maximum atomic E-state index is 11.3. The molecule has 1 aromatic rings. The van der Waals surface area contributed by atoms with E-state index >= 15 is 0 Å². The van der Waals surface area contributed by atoms with Crippen LogP contribution < -0.4 is 5.69 Å². The molecular weight excluding hydrogens is 168 g/mol. The molecule has 1 saturated heterocycles. The number of nitrogens with one attached hydrogen (secondary N) is 1. The van der Waals surface area contributed by atoms with E-state index in [2.05, 4.69) is 4.98 Å². The van der Waals surface area contributed by atoms with Crippen molar-refractivity contribution in [1.29, 1.82) is 0 Å². The van der Waals surface area contributed by atoms with Gasteiger partial charge in [0.05, 0.1) is 18.2 Å². The van der Waals surface area contributed by atoms with E-state index in [1.54, 1.807) is 17.0 Å². The highest BCUT2D eigenvalue weighted by Crippen LogP contribution is 2.31. The van der Waals surface area contributed by atoms with Gasteiger partial charge in [-0.15, -0.1) is 0 Å². The summed E-state index contributed by atoms with van der Waals surface area (Å²) in [5.74, 6) is 0. The van der Waals surface area contributed by atoms with E-state index in [0.717, 1.165) is 6.42 Å². The quantitative estimate of drug-likeness (QED) is 0.702. The highest BCUT2D eigenvalue weighted by Gasteiger charge is 2.33. The molecule has 1 aromatic heterocycles. The minimum atomic E-state index is -0.0959. The van der Waals surface area contributed by atoms with Gasteiger partial charge >= 0.3 is 5.69 Å². The number of rotatable bonds is 1. The fourth-order valence-electron chi connectivity index (χ4n) is 1.80. The Morgan fingerprint density at radius 1 is 1.69 bits per heavy atom. The van der Waals surface area contributed by atoms with E-state index < -0.39 is 0 Å². The molecule has 0 aromatic carbocycles. The zero-order valence-electron chi connectivity index (χ0n) is 7.91. The molecule has 2 heterocycles. The van der Waals surface area contributed by atoms with Crippen molar-refractivity contribution in [2.75, 3.05) is 6.61 Å². The van der Waals surface area contributed by atoms with Gasteiger partial charge in [-0.2, -0.15) is 0 Å². The van der Waals surface area contributed by atoms with Crippen LogP contribution in [0, 0.1) is 0 Å². The fourth-order valence-corrected chi connectivity index (χ4v) is 1.80. The van der Waals surface area contributed by atoms with Crippen LogP contribution in [0.3, 0.4) is 0 Å². The van der Waals surface area contributed by atoms with Gasteiger partial charge < -0.3 is 9.72 Å². The van der Waals surface area contributed by atoms with Crippen LogP contribution in [-0.2, 0) is 4.74 Å². The van der Waals surface area contributed by atoms with Gasteiger partial charge in [-0.3, -0.25) is 4.57 Å². The Bertz CT molecular complexity index is 350. The van der Waals surface area contributed by atoms with E-state index in [1.807, 2.05) is 13.8 Å². The van der Waals surface area contributed by atoms with Crippen molar-refractivity contribution in [2.24, 2.45) is 0 Å². The van der Waals surface area contributed by atoms with E-state index in [0.29, 0.717) is 6.61 Å². The van der Waals surface area contributed by atoms with Crippen molar-refractivity contribution in [1.82, 2.24) is 9.55 Å². The molecule has 0 bridgehead atoms. The molecule has 2 rings (SSSR count). The van der Waals surface area contributed by atoms with Gasteiger partial charge in [0.15, 0.2) is 0 Å². The summed E-state index contributed by atoms with van der Waals surface area (Å²) in [7, 11) is 0. The summed E-state index contributed by atoms with van der Waals surface area (Å²) in [6, 6.07) is 0.189. The maximum Gasteiger partial charge on any atom is 0.325 e. The van der Waals surface area contributed by atoms with Crippen LogP contribution in [0.4, 0.5) is 0 Å². The summed E-state index contributed by atoms with van der Waals surface area (Å²) < 4.78 is 7.26. The van der Waals surface area contributed by atoms with Crippen LogP contribution in [0.1, 0.15) is 26.3 Å². The molecule has 0 radical (unpaired) electrons. The number of H-pyrrole nitrogens is 1. The van der Waals surface area contributed by atoms with E-state index in [4.69, 9.17) is 4.74 Å². The van der Waals surface area contributed by atoms with E-state index in [1.165, 1.54) is 0 Å². The predicted octanol–water partition coefficient (Wildman–Crippen LogP) is 0.916. The molecule has 1 aliphatic heterocycles. The molecule has 4 heteroatoms. The number of hydrogen-bond acceptors (Lipinski definition) is 2. The Kier molecular flexibility index (Phi) is 1.80. The summed E-state index contributed by atoms with van der Waals surface area (Å²) in [5, 5.41) is 0. The Morgan fingerprint density at radius 2 is 2.46 bits per heavy atom. The lowest BCUT2D eigenvalue weighted by atomic mass is 10.0. The second kappa shape index (κ2) is 2.73. The van der Waals surface area contributed by atoms with Gasteiger partial charge in [0.1, 0.15) is 0 Å². The molecule has 0 saturated carbocycles. The highest BCUT2D eigenvalue weighted by molar-refractivity contribution is 4.89. The zero-order chi connectivity index (χ0) is 9.47. The number of nitrogens with zero attached hydrogens (tertiary/aromatic N) is 1. The smallest absolute Gasteiger partial charge is 0.325 e. The summed E-state index contributed by atoms with van der Waals surface area (Å²) in [4.78, 5) is 13.9. The van der Waals surface area contributed by atoms with Gasteiger partial charge in [0, 0.05) is 12.4 Å². The van der Waals surface area contributed by atoms with Crippen LogP contribution in [0.15, 0.2) is 17.2 Å². The zero-order valence-corrected chi connectivity index (χ0v) is 7.91. The lowest BCUT2D eigenvalue weighted by Gasteiger charge is -2.15. The summed E-state index contributed by atoms with van der Waals surface area (Å²) in [6.45, 7) is 4.72. The van der Waals surface area contributed by atoms with Gasteiger partial charge in [-0.05, 0) is 20.3 Å². The first-order chi connectivity index (χ1) is 6.08. The van der Waals surface area contributed by atoms with Crippen molar-refractivity contribution in [3.8, 4) is 0 Å². The van der Waals surface area contributed by atoms with Gasteiger partial charge in [-0.1, -0.05) is 0 Å². The van der Waals surface area contributed by atoms with E-state index in [9.17, 15) is 4.79 Å². The second-order valence-electron chi connectivity index (χ2n) is 4.10. The summed E-state index contributed by atoms with van der Waals surface area (Å²) in [5.41, 5.74) is -0.146. The first-order valence-corrected chi connectivity index (χ1v) is 4.48. The third kappa shape index (κ3) is 1.54. The first kappa shape index (κ1) is 8.56. The molecule has 72 valence electrons.